The summed E-state index contributed by atoms with van der Waals surface area (Å²) < 4.78 is 11.0. The summed E-state index contributed by atoms with van der Waals surface area (Å²) in [6.07, 6.45) is -0.338. The number of carbonyl (C=O) groups is 2. The predicted molar refractivity (Wildman–Crippen MR) is 89.7 cm³/mol. The Morgan fingerprint density at radius 2 is 1.80 bits per heavy atom. The highest BCUT2D eigenvalue weighted by Crippen LogP contribution is 2.45. The standard InChI is InChI=1S/C18H22N2O5/c1-10-8-11(2)13(12(3)9-10)14-15(24-17(19)22)18(25-16(14)21)4-6-20(23)7-5-18/h8-9,23H,4-7H2,1-3H3,(H2,19,22). The topological polar surface area (TPSA) is 102 Å². The number of primary amides is 1. The normalized spacial score (nSPS) is 20.1. The number of nitrogens with two attached hydrogens (primary N) is 1. The minimum atomic E-state index is -1.07. The number of benzene rings is 1. The number of hydrogen-bond acceptors (Lipinski definition) is 6. The van der Waals surface area contributed by atoms with Crippen molar-refractivity contribution in [3.05, 3.63) is 40.1 Å². The second-order valence-electron chi connectivity index (χ2n) is 6.74. The Morgan fingerprint density at radius 3 is 2.32 bits per heavy atom. The van der Waals surface area contributed by atoms with Crippen LogP contribution in [-0.4, -0.2) is 41.0 Å². The molecule has 1 spiro atoms. The molecule has 2 heterocycles. The van der Waals surface area contributed by atoms with E-state index in [9.17, 15) is 14.8 Å². The largest absolute Gasteiger partial charge is 0.447 e. The van der Waals surface area contributed by atoms with E-state index in [-0.39, 0.29) is 11.3 Å². The van der Waals surface area contributed by atoms with Crippen LogP contribution in [0.15, 0.2) is 17.9 Å². The van der Waals surface area contributed by atoms with Gasteiger partial charge < -0.3 is 20.4 Å². The number of aryl methyl sites for hydroxylation is 3. The van der Waals surface area contributed by atoms with E-state index in [2.05, 4.69) is 0 Å². The number of amides is 1. The summed E-state index contributed by atoms with van der Waals surface area (Å²) >= 11 is 0. The van der Waals surface area contributed by atoms with Crippen molar-refractivity contribution in [2.24, 2.45) is 5.73 Å². The molecule has 0 saturated carbocycles. The fourth-order valence-electron chi connectivity index (χ4n) is 3.82. The maximum Gasteiger partial charge on any atom is 0.409 e. The van der Waals surface area contributed by atoms with Gasteiger partial charge in [-0.2, -0.15) is 5.06 Å². The molecule has 0 unspecified atom stereocenters. The van der Waals surface area contributed by atoms with Gasteiger partial charge in [-0.15, -0.1) is 0 Å². The number of nitrogens with zero attached hydrogens (tertiary/aromatic N) is 1. The maximum atomic E-state index is 12.7. The van der Waals surface area contributed by atoms with Gasteiger partial charge in [-0.1, -0.05) is 17.7 Å². The van der Waals surface area contributed by atoms with Crippen LogP contribution in [0.2, 0.25) is 0 Å². The van der Waals surface area contributed by atoms with Crippen molar-refractivity contribution >= 4 is 17.6 Å². The molecular formula is C18H22N2O5. The zero-order valence-corrected chi connectivity index (χ0v) is 14.6. The highest BCUT2D eigenvalue weighted by atomic mass is 16.6. The Morgan fingerprint density at radius 1 is 1.24 bits per heavy atom. The quantitative estimate of drug-likeness (QED) is 0.796. The van der Waals surface area contributed by atoms with Crippen molar-refractivity contribution < 1.29 is 24.3 Å². The van der Waals surface area contributed by atoms with Crippen molar-refractivity contribution in [3.63, 3.8) is 0 Å². The molecule has 2 aliphatic rings. The van der Waals surface area contributed by atoms with E-state index < -0.39 is 17.7 Å². The van der Waals surface area contributed by atoms with Crippen LogP contribution in [0.5, 0.6) is 0 Å². The molecule has 1 aromatic carbocycles. The van der Waals surface area contributed by atoms with Crippen LogP contribution in [0.25, 0.3) is 5.57 Å². The molecule has 0 aliphatic carbocycles. The maximum absolute atomic E-state index is 12.7. The number of ether oxygens (including phenoxy) is 2. The van der Waals surface area contributed by atoms with Gasteiger partial charge in [0.25, 0.3) is 0 Å². The molecule has 7 nitrogen and oxygen atoms in total. The third kappa shape index (κ3) is 3.01. The van der Waals surface area contributed by atoms with E-state index in [0.29, 0.717) is 31.5 Å². The van der Waals surface area contributed by atoms with Gasteiger partial charge in [0.15, 0.2) is 11.4 Å². The average molecular weight is 346 g/mol. The van der Waals surface area contributed by atoms with Gasteiger partial charge in [-0.25, -0.2) is 9.59 Å². The molecule has 1 saturated heterocycles. The van der Waals surface area contributed by atoms with Crippen molar-refractivity contribution in [3.8, 4) is 0 Å². The smallest absolute Gasteiger partial charge is 0.409 e. The lowest BCUT2D eigenvalue weighted by atomic mass is 9.86. The van der Waals surface area contributed by atoms with Gasteiger partial charge in [0.05, 0.1) is 0 Å². The Balaban J connectivity index is 2.19. The second kappa shape index (κ2) is 6.16. The number of carbonyl (C=O) groups excluding carboxylic acids is 2. The summed E-state index contributed by atoms with van der Waals surface area (Å²) in [6, 6.07) is 3.93. The van der Waals surface area contributed by atoms with Gasteiger partial charge in [-0.3, -0.25) is 0 Å². The number of hydroxylamine groups is 2. The third-order valence-electron chi connectivity index (χ3n) is 4.81. The molecule has 0 bridgehead atoms. The molecule has 0 radical (unpaired) electrons. The number of hydrogen-bond donors (Lipinski definition) is 2. The Bertz CT molecular complexity index is 753. The molecule has 25 heavy (non-hydrogen) atoms. The van der Waals surface area contributed by atoms with Crippen LogP contribution in [0.1, 0.15) is 35.1 Å². The van der Waals surface area contributed by atoms with Gasteiger partial charge >= 0.3 is 12.1 Å². The lowest BCUT2D eigenvalue weighted by molar-refractivity contribution is -0.169. The summed E-state index contributed by atoms with van der Waals surface area (Å²) in [5, 5.41) is 10.8. The number of esters is 1. The van der Waals surface area contributed by atoms with Gasteiger partial charge in [0, 0.05) is 25.9 Å². The average Bonchev–Trinajstić information content (AvgIpc) is 2.74. The molecule has 3 N–H and O–H groups in total. The van der Waals surface area contributed by atoms with Crippen LogP contribution < -0.4 is 5.73 Å². The third-order valence-corrected chi connectivity index (χ3v) is 4.81. The lowest BCUT2D eigenvalue weighted by Crippen LogP contribution is -2.45. The summed E-state index contributed by atoms with van der Waals surface area (Å²) in [5.74, 6) is -0.370. The van der Waals surface area contributed by atoms with Crippen molar-refractivity contribution in [1.29, 1.82) is 0 Å². The first kappa shape index (κ1) is 17.4. The van der Waals surface area contributed by atoms with Crippen LogP contribution >= 0.6 is 0 Å². The number of piperidine rings is 1. The Hall–Kier alpha value is -2.38. The summed E-state index contributed by atoms with van der Waals surface area (Å²) in [7, 11) is 0. The highest BCUT2D eigenvalue weighted by molar-refractivity contribution is 6.20. The van der Waals surface area contributed by atoms with E-state index in [0.717, 1.165) is 21.8 Å². The first-order valence-corrected chi connectivity index (χ1v) is 8.21. The summed E-state index contributed by atoms with van der Waals surface area (Å²) in [6.45, 7) is 6.39. The molecule has 2 aliphatic heterocycles. The van der Waals surface area contributed by atoms with E-state index in [1.165, 1.54) is 0 Å². The minimum absolute atomic E-state index is 0.160. The van der Waals surface area contributed by atoms with Crippen LogP contribution in [0.3, 0.4) is 0 Å². The zero-order valence-electron chi connectivity index (χ0n) is 14.6. The molecule has 134 valence electrons. The molecule has 0 aromatic heterocycles. The van der Waals surface area contributed by atoms with Crippen molar-refractivity contribution in [2.45, 2.75) is 39.2 Å². The second-order valence-corrected chi connectivity index (χ2v) is 6.74. The molecule has 7 heteroatoms. The van der Waals surface area contributed by atoms with E-state index in [4.69, 9.17) is 15.2 Å². The van der Waals surface area contributed by atoms with Crippen LogP contribution in [0, 0.1) is 20.8 Å². The molecule has 1 amide bonds. The van der Waals surface area contributed by atoms with Crippen LogP contribution in [-0.2, 0) is 14.3 Å². The van der Waals surface area contributed by atoms with E-state index >= 15 is 0 Å². The fourth-order valence-corrected chi connectivity index (χ4v) is 3.82. The Kier molecular flexibility index (Phi) is 4.30. The van der Waals surface area contributed by atoms with Crippen molar-refractivity contribution in [1.82, 2.24) is 5.06 Å². The fraction of sp³-hybridized carbons (Fsp3) is 0.444. The molecule has 1 fully saturated rings. The SMILES string of the molecule is Cc1cc(C)c(C2=C(OC(N)=O)C3(CCN(O)CC3)OC2=O)c(C)c1. The van der Waals surface area contributed by atoms with Gasteiger partial charge in [0.2, 0.25) is 0 Å². The summed E-state index contributed by atoms with van der Waals surface area (Å²) in [5.41, 5.74) is 8.01. The molecule has 0 atom stereocenters. The first-order valence-electron chi connectivity index (χ1n) is 8.21. The Labute approximate surface area is 146 Å². The first-order chi connectivity index (χ1) is 11.7. The monoisotopic (exact) mass is 346 g/mol. The van der Waals surface area contributed by atoms with Crippen LogP contribution in [0.4, 0.5) is 4.79 Å². The molecular weight excluding hydrogens is 324 g/mol. The zero-order chi connectivity index (χ0) is 18.4. The number of rotatable bonds is 2. The van der Waals surface area contributed by atoms with Gasteiger partial charge in [0.1, 0.15) is 5.57 Å². The minimum Gasteiger partial charge on any atom is -0.447 e. The predicted octanol–water partition coefficient (Wildman–Crippen LogP) is 2.20. The van der Waals surface area contributed by atoms with Gasteiger partial charge in [-0.05, 0) is 37.5 Å². The van der Waals surface area contributed by atoms with Crippen molar-refractivity contribution in [2.75, 3.05) is 13.1 Å². The van der Waals surface area contributed by atoms with E-state index in [1.54, 1.807) is 0 Å². The van der Waals surface area contributed by atoms with E-state index in [1.807, 2.05) is 32.9 Å². The molecule has 3 rings (SSSR count). The molecule has 1 aromatic rings. The highest BCUT2D eigenvalue weighted by Gasteiger charge is 2.52. The summed E-state index contributed by atoms with van der Waals surface area (Å²) in [4.78, 5) is 24.2. The lowest BCUT2D eigenvalue weighted by Gasteiger charge is -2.36.